The average molecular weight is 503 g/mol. The van der Waals surface area contributed by atoms with E-state index in [1.54, 1.807) is 24.3 Å². The molecule has 0 aliphatic carbocycles. The summed E-state index contributed by atoms with van der Waals surface area (Å²) in [5, 5.41) is 0.325. The topological polar surface area (TPSA) is 54.0 Å². The molecule has 0 spiro atoms. The number of ether oxygens (including phenoxy) is 2. The first-order valence-corrected chi connectivity index (χ1v) is 17.7. The molecule has 0 atom stereocenters. The Morgan fingerprint density at radius 3 is 1.18 bits per heavy atom. The number of hydrogen-bond acceptors (Lipinski definition) is 5. The fraction of sp³-hybridized carbons (Fsp3) is 0.519. The van der Waals surface area contributed by atoms with Crippen LogP contribution in [0.15, 0.2) is 48.5 Å². The summed E-state index contributed by atoms with van der Waals surface area (Å²) in [6.07, 6.45) is -0.768. The lowest BCUT2D eigenvalue weighted by Gasteiger charge is -2.36. The van der Waals surface area contributed by atoms with Crippen LogP contribution < -0.4 is 9.47 Å². The van der Waals surface area contributed by atoms with Crippen LogP contribution in [-0.4, -0.2) is 22.8 Å². The molecule has 7 heteroatoms. The molecule has 0 N–H and O–H groups in total. The first kappa shape index (κ1) is 28.3. The van der Waals surface area contributed by atoms with E-state index in [2.05, 4.69) is 67.7 Å². The van der Waals surface area contributed by atoms with Crippen LogP contribution in [0, 0.1) is 0 Å². The van der Waals surface area contributed by atoms with Gasteiger partial charge in [-0.3, -0.25) is 0 Å². The van der Waals surface area contributed by atoms with E-state index < -0.39 is 22.8 Å². The predicted molar refractivity (Wildman–Crippen MR) is 144 cm³/mol. The molecule has 2 aromatic rings. The van der Waals surface area contributed by atoms with Crippen LogP contribution in [0.5, 0.6) is 11.5 Å². The Morgan fingerprint density at radius 1 is 0.618 bits per heavy atom. The van der Waals surface area contributed by atoms with Crippen molar-refractivity contribution < 1.29 is 23.1 Å². The van der Waals surface area contributed by atoms with Gasteiger partial charge >= 0.3 is 6.16 Å². The maximum atomic E-state index is 12.2. The molecular formula is C27H42O5Si2. The predicted octanol–water partition coefficient (Wildman–Crippen LogP) is 8.31. The van der Waals surface area contributed by atoms with Gasteiger partial charge in [0.2, 0.25) is 0 Å². The molecule has 0 unspecified atom stereocenters. The maximum absolute atomic E-state index is 12.2. The second-order valence-electron chi connectivity index (χ2n) is 11.8. The summed E-state index contributed by atoms with van der Waals surface area (Å²) in [5.74, 6) is 0.862. The van der Waals surface area contributed by atoms with Gasteiger partial charge in [-0.25, -0.2) is 4.79 Å². The fourth-order valence-corrected chi connectivity index (χ4v) is 4.40. The molecule has 188 valence electrons. The Labute approximate surface area is 208 Å². The summed E-state index contributed by atoms with van der Waals surface area (Å²) in [6.45, 7) is 23.3. The number of carbonyl (C=O) groups is 1. The molecular weight excluding hydrogens is 460 g/mol. The Balaban J connectivity index is 1.85. The van der Waals surface area contributed by atoms with Crippen molar-refractivity contribution in [2.24, 2.45) is 0 Å². The number of benzene rings is 2. The van der Waals surface area contributed by atoms with Gasteiger partial charge in [-0.15, -0.1) is 0 Å². The first-order chi connectivity index (χ1) is 15.5. The van der Waals surface area contributed by atoms with Gasteiger partial charge in [-0.1, -0.05) is 65.8 Å². The van der Waals surface area contributed by atoms with Crippen molar-refractivity contribution in [1.82, 2.24) is 0 Å². The molecule has 0 saturated heterocycles. The van der Waals surface area contributed by atoms with E-state index in [9.17, 15) is 4.79 Å². The van der Waals surface area contributed by atoms with Crippen LogP contribution >= 0.6 is 0 Å². The highest BCUT2D eigenvalue weighted by molar-refractivity contribution is 6.74. The summed E-state index contributed by atoms with van der Waals surface area (Å²) in [5.41, 5.74) is 2.09. The highest BCUT2D eigenvalue weighted by Crippen LogP contribution is 2.38. The molecule has 0 fully saturated rings. The number of rotatable bonds is 8. The van der Waals surface area contributed by atoms with Crippen LogP contribution in [0.25, 0.3) is 0 Å². The molecule has 34 heavy (non-hydrogen) atoms. The Morgan fingerprint density at radius 2 is 0.912 bits per heavy atom. The van der Waals surface area contributed by atoms with Crippen LogP contribution in [-0.2, 0) is 22.1 Å². The van der Waals surface area contributed by atoms with Crippen molar-refractivity contribution in [1.29, 1.82) is 0 Å². The van der Waals surface area contributed by atoms with Gasteiger partial charge in [0.15, 0.2) is 16.6 Å². The maximum Gasteiger partial charge on any atom is 0.519 e. The SMILES string of the molecule is CC(C)(C)[Si](C)(C)OCc1ccc(OC(=O)Oc2ccc(CO[Si](C)(C)C(C)(C)C)cc2)cc1. The average Bonchev–Trinajstić information content (AvgIpc) is 2.71. The third kappa shape index (κ3) is 8.08. The monoisotopic (exact) mass is 502 g/mol. The molecule has 0 heterocycles. The Kier molecular flexibility index (Phi) is 8.96. The number of hydrogen-bond donors (Lipinski definition) is 0. The van der Waals surface area contributed by atoms with Crippen LogP contribution in [0.1, 0.15) is 52.7 Å². The molecule has 0 bridgehead atoms. The summed E-state index contributed by atoms with van der Waals surface area (Å²) in [7, 11) is -3.62. The molecule has 0 aliphatic heterocycles. The van der Waals surface area contributed by atoms with E-state index in [1.165, 1.54) is 0 Å². The van der Waals surface area contributed by atoms with Crippen molar-refractivity contribution in [3.8, 4) is 11.5 Å². The van der Waals surface area contributed by atoms with Gasteiger partial charge < -0.3 is 18.3 Å². The number of carbonyl (C=O) groups excluding carboxylic acids is 1. The third-order valence-electron chi connectivity index (χ3n) is 7.06. The van der Waals surface area contributed by atoms with Gasteiger partial charge in [-0.2, -0.15) is 0 Å². The van der Waals surface area contributed by atoms with Gasteiger partial charge in [0.25, 0.3) is 0 Å². The second-order valence-corrected chi connectivity index (χ2v) is 21.5. The molecule has 0 amide bonds. The van der Waals surface area contributed by atoms with E-state index in [-0.39, 0.29) is 10.1 Å². The van der Waals surface area contributed by atoms with E-state index in [4.69, 9.17) is 18.3 Å². The van der Waals surface area contributed by atoms with Crippen molar-refractivity contribution >= 4 is 22.8 Å². The zero-order valence-corrected chi connectivity index (χ0v) is 24.6. The van der Waals surface area contributed by atoms with Gasteiger partial charge in [0.1, 0.15) is 11.5 Å². The van der Waals surface area contributed by atoms with Crippen molar-refractivity contribution in [3.63, 3.8) is 0 Å². The zero-order chi connectivity index (χ0) is 25.8. The lowest BCUT2D eigenvalue weighted by atomic mass is 10.2. The molecule has 5 nitrogen and oxygen atoms in total. The van der Waals surface area contributed by atoms with E-state index >= 15 is 0 Å². The van der Waals surface area contributed by atoms with Crippen molar-refractivity contribution in [2.75, 3.05) is 0 Å². The first-order valence-electron chi connectivity index (χ1n) is 11.9. The minimum Gasteiger partial charge on any atom is -0.413 e. The quantitative estimate of drug-likeness (QED) is 0.206. The molecule has 0 aliphatic rings. The van der Waals surface area contributed by atoms with Crippen molar-refractivity contribution in [2.45, 2.75) is 91.0 Å². The van der Waals surface area contributed by atoms with E-state index in [0.717, 1.165) is 11.1 Å². The van der Waals surface area contributed by atoms with Gasteiger partial charge in [-0.05, 0) is 71.7 Å². The van der Waals surface area contributed by atoms with Crippen LogP contribution in [0.3, 0.4) is 0 Å². The summed E-state index contributed by atoms with van der Waals surface area (Å²) < 4.78 is 23.1. The van der Waals surface area contributed by atoms with Crippen LogP contribution in [0.2, 0.25) is 36.3 Å². The van der Waals surface area contributed by atoms with Gasteiger partial charge in [0.05, 0.1) is 13.2 Å². The van der Waals surface area contributed by atoms with E-state index in [1.807, 2.05) is 24.3 Å². The van der Waals surface area contributed by atoms with E-state index in [0.29, 0.717) is 24.7 Å². The molecule has 2 aromatic carbocycles. The summed E-state index contributed by atoms with van der Waals surface area (Å²) in [4.78, 5) is 12.2. The minimum absolute atomic E-state index is 0.162. The molecule has 0 radical (unpaired) electrons. The summed E-state index contributed by atoms with van der Waals surface area (Å²) in [6, 6.07) is 14.7. The fourth-order valence-electron chi connectivity index (χ4n) is 2.48. The minimum atomic E-state index is -1.81. The Hall–Kier alpha value is -1.94. The second kappa shape index (κ2) is 10.8. The normalized spacial score (nSPS) is 13.0. The molecule has 2 rings (SSSR count). The highest BCUT2D eigenvalue weighted by atomic mass is 28.4. The Bertz CT molecular complexity index is 859. The lowest BCUT2D eigenvalue weighted by Crippen LogP contribution is -2.40. The third-order valence-corrected chi connectivity index (χ3v) is 16.0. The standard InChI is InChI=1S/C27H42O5Si2/c1-26(2,3)33(7,8)29-19-21-11-15-23(16-12-21)31-25(28)32-24-17-13-22(14-18-24)20-30-34(9,10)27(4,5)6/h11-18H,19-20H2,1-10H3. The van der Waals surface area contributed by atoms with Crippen LogP contribution in [0.4, 0.5) is 4.79 Å². The smallest absolute Gasteiger partial charge is 0.413 e. The largest absolute Gasteiger partial charge is 0.519 e. The molecule has 0 aromatic heterocycles. The van der Waals surface area contributed by atoms with Gasteiger partial charge in [0, 0.05) is 0 Å². The molecule has 0 saturated carbocycles. The zero-order valence-electron chi connectivity index (χ0n) is 22.6. The van der Waals surface area contributed by atoms with Crippen molar-refractivity contribution in [3.05, 3.63) is 59.7 Å². The highest BCUT2D eigenvalue weighted by Gasteiger charge is 2.37. The lowest BCUT2D eigenvalue weighted by molar-refractivity contribution is 0.152. The summed E-state index contributed by atoms with van der Waals surface area (Å²) >= 11 is 0.